The number of hydrogen-bond donors (Lipinski definition) is 0. The van der Waals surface area contributed by atoms with Crippen LogP contribution in [0.2, 0.25) is 5.02 Å². The number of rotatable bonds is 2. The third kappa shape index (κ3) is 2.47. The van der Waals surface area contributed by atoms with E-state index in [1.807, 2.05) is 12.1 Å². The predicted octanol–water partition coefficient (Wildman–Crippen LogP) is 5.63. The highest BCUT2D eigenvalue weighted by atomic mass is 79.9. The van der Waals surface area contributed by atoms with Gasteiger partial charge in [0, 0.05) is 33.8 Å². The summed E-state index contributed by atoms with van der Waals surface area (Å²) in [7, 11) is 0. The van der Waals surface area contributed by atoms with Gasteiger partial charge < -0.3 is 4.90 Å². The Kier molecular flexibility index (Phi) is 4.04. The maximum Gasteiger partial charge on any atom is 0.0467 e. The Bertz CT molecular complexity index is 639. The molecule has 3 rings (SSSR count). The van der Waals surface area contributed by atoms with Crippen molar-refractivity contribution >= 4 is 38.9 Å². The minimum absolute atomic E-state index is 0.777. The van der Waals surface area contributed by atoms with Crippen LogP contribution in [0.15, 0.2) is 36.4 Å². The second-order valence-electron chi connectivity index (χ2n) is 5.26. The summed E-state index contributed by atoms with van der Waals surface area (Å²) >= 11 is 9.91. The van der Waals surface area contributed by atoms with Crippen molar-refractivity contribution < 1.29 is 0 Å². The fraction of sp³-hybridized carbons (Fsp3) is 0.294. The number of fused-ring (bicyclic) bond motifs is 1. The summed E-state index contributed by atoms with van der Waals surface area (Å²) in [6.45, 7) is 3.21. The third-order valence-corrected chi connectivity index (χ3v) is 4.79. The highest BCUT2D eigenvalue weighted by Gasteiger charge is 2.20. The minimum atomic E-state index is 0.777. The van der Waals surface area contributed by atoms with Crippen LogP contribution in [-0.2, 0) is 11.8 Å². The van der Waals surface area contributed by atoms with Gasteiger partial charge in [0.15, 0.2) is 0 Å². The number of hydrogen-bond acceptors (Lipinski definition) is 1. The second kappa shape index (κ2) is 5.79. The van der Waals surface area contributed by atoms with Crippen molar-refractivity contribution in [3.05, 3.63) is 58.1 Å². The molecule has 2 aromatic carbocycles. The van der Waals surface area contributed by atoms with Crippen molar-refractivity contribution in [1.82, 2.24) is 0 Å². The first-order chi connectivity index (χ1) is 9.70. The molecule has 0 fully saturated rings. The average molecular weight is 351 g/mol. The zero-order valence-corrected chi connectivity index (χ0v) is 13.8. The topological polar surface area (TPSA) is 3.24 Å². The number of benzene rings is 2. The molecule has 0 N–H and O–H groups in total. The average Bonchev–Trinajstić information content (AvgIpc) is 2.46. The zero-order valence-electron chi connectivity index (χ0n) is 11.5. The molecule has 1 nitrogen and oxygen atoms in total. The standard InChI is InChI=1S/C17H17BrClN/c1-12-7-8-16-13(10-12)4-3-9-20(16)17-6-2-5-15(19)14(17)11-18/h2,5-8,10H,3-4,9,11H2,1H3. The first-order valence-electron chi connectivity index (χ1n) is 6.91. The molecule has 1 aliphatic rings. The van der Waals surface area contributed by atoms with Crippen LogP contribution in [0.5, 0.6) is 0 Å². The number of anilines is 2. The van der Waals surface area contributed by atoms with Gasteiger partial charge in [-0.1, -0.05) is 51.3 Å². The molecule has 0 radical (unpaired) electrons. The Labute approximate surface area is 133 Å². The summed E-state index contributed by atoms with van der Waals surface area (Å²) in [5.74, 6) is 0. The molecule has 1 aliphatic heterocycles. The van der Waals surface area contributed by atoms with Gasteiger partial charge in [-0.15, -0.1) is 0 Å². The fourth-order valence-electron chi connectivity index (χ4n) is 2.91. The molecule has 3 heteroatoms. The van der Waals surface area contributed by atoms with Crippen molar-refractivity contribution in [2.45, 2.75) is 25.1 Å². The van der Waals surface area contributed by atoms with Crippen LogP contribution in [-0.4, -0.2) is 6.54 Å². The van der Waals surface area contributed by atoms with E-state index in [0.29, 0.717) is 0 Å². The number of nitrogens with zero attached hydrogens (tertiary/aromatic N) is 1. The predicted molar refractivity (Wildman–Crippen MR) is 90.6 cm³/mol. The Balaban J connectivity index is 2.11. The smallest absolute Gasteiger partial charge is 0.0467 e. The molecule has 2 aromatic rings. The highest BCUT2D eigenvalue weighted by molar-refractivity contribution is 9.08. The van der Waals surface area contributed by atoms with Gasteiger partial charge in [0.2, 0.25) is 0 Å². The highest BCUT2D eigenvalue weighted by Crippen LogP contribution is 2.38. The van der Waals surface area contributed by atoms with Crippen LogP contribution in [0.1, 0.15) is 23.1 Å². The number of aryl methyl sites for hydroxylation is 2. The summed E-state index contributed by atoms with van der Waals surface area (Å²) in [6.07, 6.45) is 2.35. The van der Waals surface area contributed by atoms with Gasteiger partial charge in [-0.25, -0.2) is 0 Å². The van der Waals surface area contributed by atoms with Crippen LogP contribution in [0.3, 0.4) is 0 Å². The van der Waals surface area contributed by atoms with Crippen molar-refractivity contribution in [2.75, 3.05) is 11.4 Å². The summed E-state index contributed by atoms with van der Waals surface area (Å²) in [5, 5.41) is 1.61. The van der Waals surface area contributed by atoms with Crippen molar-refractivity contribution in [3.63, 3.8) is 0 Å². The normalized spacial score (nSPS) is 14.2. The van der Waals surface area contributed by atoms with Gasteiger partial charge in [0.25, 0.3) is 0 Å². The maximum absolute atomic E-state index is 6.34. The van der Waals surface area contributed by atoms with Gasteiger partial charge in [-0.2, -0.15) is 0 Å². The van der Waals surface area contributed by atoms with Crippen molar-refractivity contribution in [2.24, 2.45) is 0 Å². The molecular weight excluding hydrogens is 334 g/mol. The van der Waals surface area contributed by atoms with Crippen LogP contribution in [0.25, 0.3) is 0 Å². The van der Waals surface area contributed by atoms with Crippen LogP contribution in [0.4, 0.5) is 11.4 Å². The minimum Gasteiger partial charge on any atom is -0.341 e. The maximum atomic E-state index is 6.34. The Morgan fingerprint density at radius 2 is 2.05 bits per heavy atom. The Hall–Kier alpha value is -0.990. The SMILES string of the molecule is Cc1ccc2c(c1)CCCN2c1cccc(Cl)c1CBr. The van der Waals surface area contributed by atoms with E-state index in [2.05, 4.69) is 52.0 Å². The molecule has 0 bridgehead atoms. The molecule has 0 spiro atoms. The molecule has 0 atom stereocenters. The molecule has 0 aromatic heterocycles. The van der Waals surface area contributed by atoms with Crippen molar-refractivity contribution in [3.8, 4) is 0 Å². The quantitative estimate of drug-likeness (QED) is 0.635. The van der Waals surface area contributed by atoms with Crippen LogP contribution in [0, 0.1) is 6.92 Å². The Morgan fingerprint density at radius 1 is 1.20 bits per heavy atom. The number of halogens is 2. The van der Waals surface area contributed by atoms with E-state index >= 15 is 0 Å². The van der Waals surface area contributed by atoms with E-state index < -0.39 is 0 Å². The zero-order chi connectivity index (χ0) is 14.1. The third-order valence-electron chi connectivity index (χ3n) is 3.87. The lowest BCUT2D eigenvalue weighted by atomic mass is 9.98. The summed E-state index contributed by atoms with van der Waals surface area (Å²) in [5.41, 5.74) is 6.49. The molecule has 0 unspecified atom stereocenters. The molecule has 0 saturated heterocycles. The Morgan fingerprint density at radius 3 is 2.85 bits per heavy atom. The first kappa shape index (κ1) is 14.0. The fourth-order valence-corrected chi connectivity index (χ4v) is 3.90. The second-order valence-corrected chi connectivity index (χ2v) is 6.23. The van der Waals surface area contributed by atoms with Crippen LogP contribution >= 0.6 is 27.5 Å². The van der Waals surface area contributed by atoms with E-state index in [9.17, 15) is 0 Å². The molecule has 0 amide bonds. The number of alkyl halides is 1. The first-order valence-corrected chi connectivity index (χ1v) is 8.41. The van der Waals surface area contributed by atoms with Gasteiger partial charge in [0.1, 0.15) is 0 Å². The van der Waals surface area contributed by atoms with Gasteiger partial charge in [0.05, 0.1) is 0 Å². The molecule has 0 saturated carbocycles. The van der Waals surface area contributed by atoms with Gasteiger partial charge in [-0.3, -0.25) is 0 Å². The molecule has 0 aliphatic carbocycles. The van der Waals surface area contributed by atoms with E-state index in [1.165, 1.54) is 34.5 Å². The molecular formula is C17H17BrClN. The lowest BCUT2D eigenvalue weighted by Gasteiger charge is -2.33. The van der Waals surface area contributed by atoms with Crippen molar-refractivity contribution in [1.29, 1.82) is 0 Å². The molecule has 1 heterocycles. The van der Waals surface area contributed by atoms with Gasteiger partial charge >= 0.3 is 0 Å². The van der Waals surface area contributed by atoms with Gasteiger partial charge in [-0.05, 0) is 43.5 Å². The van der Waals surface area contributed by atoms with E-state index in [-0.39, 0.29) is 0 Å². The van der Waals surface area contributed by atoms with E-state index in [1.54, 1.807) is 0 Å². The monoisotopic (exact) mass is 349 g/mol. The van der Waals surface area contributed by atoms with E-state index in [4.69, 9.17) is 11.6 Å². The summed E-state index contributed by atoms with van der Waals surface area (Å²) in [6, 6.07) is 12.9. The molecule has 104 valence electrons. The lowest BCUT2D eigenvalue weighted by molar-refractivity contribution is 0.764. The lowest BCUT2D eigenvalue weighted by Crippen LogP contribution is -2.25. The van der Waals surface area contributed by atoms with Crippen LogP contribution < -0.4 is 4.90 Å². The summed E-state index contributed by atoms with van der Waals surface area (Å²) < 4.78 is 0. The molecule has 20 heavy (non-hydrogen) atoms. The summed E-state index contributed by atoms with van der Waals surface area (Å²) in [4.78, 5) is 2.40. The van der Waals surface area contributed by atoms with E-state index in [0.717, 1.165) is 23.3 Å². The largest absolute Gasteiger partial charge is 0.341 e.